The lowest BCUT2D eigenvalue weighted by molar-refractivity contribution is 0.101. The molecule has 0 aromatic heterocycles. The van der Waals surface area contributed by atoms with Crippen molar-refractivity contribution in [1.82, 2.24) is 0 Å². The van der Waals surface area contributed by atoms with Gasteiger partial charge in [-0.25, -0.2) is 0 Å². The molecule has 2 atom stereocenters. The highest BCUT2D eigenvalue weighted by atomic mass is 16.3. The number of hydrogen-bond acceptors (Lipinski definition) is 2. The zero-order valence-electron chi connectivity index (χ0n) is 8.53. The number of rotatable bonds is 2. The van der Waals surface area contributed by atoms with E-state index in [1.807, 2.05) is 19.1 Å². The van der Waals surface area contributed by atoms with Crippen LogP contribution in [0.3, 0.4) is 0 Å². The molecule has 76 valence electrons. The van der Waals surface area contributed by atoms with Crippen LogP contribution in [0.5, 0.6) is 0 Å². The number of aliphatic hydroxyl groups is 1. The predicted octanol–water partition coefficient (Wildman–Crippen LogP) is 1.21. The highest BCUT2D eigenvalue weighted by Gasteiger charge is 2.41. The Morgan fingerprint density at radius 1 is 1.50 bits per heavy atom. The molecule has 14 heavy (non-hydrogen) atoms. The van der Waals surface area contributed by atoms with Gasteiger partial charge in [0, 0.05) is 12.0 Å². The van der Waals surface area contributed by atoms with Crippen LogP contribution in [0.15, 0.2) is 24.3 Å². The van der Waals surface area contributed by atoms with Crippen molar-refractivity contribution in [3.05, 3.63) is 35.4 Å². The van der Waals surface area contributed by atoms with Crippen molar-refractivity contribution < 1.29 is 5.11 Å². The van der Waals surface area contributed by atoms with Crippen molar-refractivity contribution in [2.75, 3.05) is 6.54 Å². The first-order valence-corrected chi connectivity index (χ1v) is 5.17. The van der Waals surface area contributed by atoms with Crippen molar-refractivity contribution in [2.24, 2.45) is 5.73 Å². The van der Waals surface area contributed by atoms with Gasteiger partial charge < -0.3 is 10.8 Å². The molecular formula is C12H17NO. The maximum Gasteiger partial charge on any atom is 0.0621 e. The van der Waals surface area contributed by atoms with E-state index >= 15 is 0 Å². The van der Waals surface area contributed by atoms with E-state index in [1.54, 1.807) is 0 Å². The van der Waals surface area contributed by atoms with E-state index in [-0.39, 0.29) is 11.5 Å². The molecule has 0 fully saturated rings. The van der Waals surface area contributed by atoms with Crippen molar-refractivity contribution in [1.29, 1.82) is 0 Å². The van der Waals surface area contributed by atoms with Crippen molar-refractivity contribution in [3.63, 3.8) is 0 Å². The Morgan fingerprint density at radius 3 is 2.86 bits per heavy atom. The summed E-state index contributed by atoms with van der Waals surface area (Å²) in [6.45, 7) is 2.37. The first-order chi connectivity index (χ1) is 6.70. The molecule has 2 unspecified atom stereocenters. The van der Waals surface area contributed by atoms with Crippen LogP contribution >= 0.6 is 0 Å². The summed E-state index contributed by atoms with van der Waals surface area (Å²) >= 11 is 0. The lowest BCUT2D eigenvalue weighted by atomic mass is 9.77. The summed E-state index contributed by atoms with van der Waals surface area (Å²) in [5.74, 6) is 0. The summed E-state index contributed by atoms with van der Waals surface area (Å²) < 4.78 is 0. The van der Waals surface area contributed by atoms with Crippen LogP contribution in [0.25, 0.3) is 0 Å². The average Bonchev–Trinajstić information content (AvgIpc) is 2.57. The highest BCUT2D eigenvalue weighted by Crippen LogP contribution is 2.40. The van der Waals surface area contributed by atoms with Gasteiger partial charge in [-0.05, 0) is 30.9 Å². The average molecular weight is 191 g/mol. The topological polar surface area (TPSA) is 46.2 Å². The minimum Gasteiger partial charge on any atom is -0.392 e. The Labute approximate surface area is 84.7 Å². The molecule has 0 radical (unpaired) electrons. The fourth-order valence-electron chi connectivity index (χ4n) is 2.53. The summed E-state index contributed by atoms with van der Waals surface area (Å²) in [7, 11) is 0. The Hall–Kier alpha value is -0.860. The van der Waals surface area contributed by atoms with E-state index < -0.39 is 0 Å². The molecule has 0 heterocycles. The lowest BCUT2D eigenvalue weighted by Crippen LogP contribution is -2.42. The van der Waals surface area contributed by atoms with Gasteiger partial charge in [0.1, 0.15) is 0 Å². The van der Waals surface area contributed by atoms with E-state index in [2.05, 4.69) is 12.1 Å². The summed E-state index contributed by atoms with van der Waals surface area (Å²) in [5, 5.41) is 9.87. The first kappa shape index (κ1) is 9.69. The molecule has 1 aliphatic carbocycles. The van der Waals surface area contributed by atoms with Gasteiger partial charge in [0.05, 0.1) is 6.10 Å². The molecule has 0 aliphatic heterocycles. The van der Waals surface area contributed by atoms with Gasteiger partial charge in [-0.3, -0.25) is 0 Å². The van der Waals surface area contributed by atoms with Crippen LogP contribution in [-0.2, 0) is 11.8 Å². The van der Waals surface area contributed by atoms with Gasteiger partial charge in [0.15, 0.2) is 0 Å². The fraction of sp³-hybridized carbons (Fsp3) is 0.500. The molecular weight excluding hydrogens is 174 g/mol. The third-order valence-electron chi connectivity index (χ3n) is 3.56. The second-order valence-corrected chi connectivity index (χ2v) is 4.19. The standard InChI is InChI=1S/C12H17NO/c1-9(14)12(8-13)7-6-10-4-2-3-5-11(10)12/h2-5,9,14H,6-8,13H2,1H3. The third-order valence-corrected chi connectivity index (χ3v) is 3.56. The van der Waals surface area contributed by atoms with Crippen LogP contribution in [0.4, 0.5) is 0 Å². The summed E-state index contributed by atoms with van der Waals surface area (Å²) in [4.78, 5) is 0. The lowest BCUT2D eigenvalue weighted by Gasteiger charge is -2.32. The molecule has 1 aliphatic rings. The number of benzene rings is 1. The maximum absolute atomic E-state index is 9.87. The van der Waals surface area contributed by atoms with E-state index in [0.717, 1.165) is 12.8 Å². The van der Waals surface area contributed by atoms with E-state index in [1.165, 1.54) is 11.1 Å². The van der Waals surface area contributed by atoms with Gasteiger partial charge in [-0.1, -0.05) is 24.3 Å². The second-order valence-electron chi connectivity index (χ2n) is 4.19. The minimum absolute atomic E-state index is 0.198. The Morgan fingerprint density at radius 2 is 2.21 bits per heavy atom. The normalized spacial score (nSPS) is 27.4. The quantitative estimate of drug-likeness (QED) is 0.738. The maximum atomic E-state index is 9.87. The van der Waals surface area contributed by atoms with Crippen molar-refractivity contribution in [2.45, 2.75) is 31.3 Å². The Balaban J connectivity index is 2.50. The molecule has 0 saturated heterocycles. The molecule has 2 nitrogen and oxygen atoms in total. The SMILES string of the molecule is CC(O)C1(CN)CCc2ccccc21. The first-order valence-electron chi connectivity index (χ1n) is 5.17. The summed E-state index contributed by atoms with van der Waals surface area (Å²) in [5.41, 5.74) is 8.22. The highest BCUT2D eigenvalue weighted by molar-refractivity contribution is 5.40. The smallest absolute Gasteiger partial charge is 0.0621 e. The van der Waals surface area contributed by atoms with E-state index in [4.69, 9.17) is 5.73 Å². The number of aryl methyl sites for hydroxylation is 1. The Bertz CT molecular complexity index is 335. The zero-order valence-corrected chi connectivity index (χ0v) is 8.53. The minimum atomic E-state index is -0.365. The predicted molar refractivity (Wildman–Crippen MR) is 57.2 cm³/mol. The van der Waals surface area contributed by atoms with Crippen LogP contribution in [0.2, 0.25) is 0 Å². The largest absolute Gasteiger partial charge is 0.392 e. The van der Waals surface area contributed by atoms with E-state index in [9.17, 15) is 5.11 Å². The van der Waals surface area contributed by atoms with Crippen LogP contribution in [0.1, 0.15) is 24.5 Å². The van der Waals surface area contributed by atoms with Gasteiger partial charge >= 0.3 is 0 Å². The number of aliphatic hydroxyl groups excluding tert-OH is 1. The Kier molecular flexibility index (Phi) is 2.33. The van der Waals surface area contributed by atoms with Gasteiger partial charge in [-0.2, -0.15) is 0 Å². The molecule has 0 bridgehead atoms. The van der Waals surface area contributed by atoms with Crippen LogP contribution in [0, 0.1) is 0 Å². The van der Waals surface area contributed by atoms with Gasteiger partial charge in [-0.15, -0.1) is 0 Å². The van der Waals surface area contributed by atoms with Gasteiger partial charge in [0.2, 0.25) is 0 Å². The molecule has 3 N–H and O–H groups in total. The molecule has 2 rings (SSSR count). The molecule has 1 aromatic rings. The van der Waals surface area contributed by atoms with Gasteiger partial charge in [0.25, 0.3) is 0 Å². The summed E-state index contributed by atoms with van der Waals surface area (Å²) in [6, 6.07) is 8.31. The molecule has 0 amide bonds. The number of fused-ring (bicyclic) bond motifs is 1. The zero-order chi connectivity index (χ0) is 10.2. The van der Waals surface area contributed by atoms with Crippen molar-refractivity contribution >= 4 is 0 Å². The number of nitrogens with two attached hydrogens (primary N) is 1. The molecule has 0 saturated carbocycles. The van der Waals surface area contributed by atoms with E-state index in [0.29, 0.717) is 6.54 Å². The molecule has 0 spiro atoms. The summed E-state index contributed by atoms with van der Waals surface area (Å²) in [6.07, 6.45) is 1.65. The van der Waals surface area contributed by atoms with Crippen LogP contribution in [-0.4, -0.2) is 17.8 Å². The molecule has 2 heteroatoms. The fourth-order valence-corrected chi connectivity index (χ4v) is 2.53. The molecule has 1 aromatic carbocycles. The number of hydrogen-bond donors (Lipinski definition) is 2. The monoisotopic (exact) mass is 191 g/mol. The van der Waals surface area contributed by atoms with Crippen molar-refractivity contribution in [3.8, 4) is 0 Å². The third kappa shape index (κ3) is 1.18. The van der Waals surface area contributed by atoms with Crippen LogP contribution < -0.4 is 5.73 Å². The second kappa shape index (κ2) is 3.37.